The lowest BCUT2D eigenvalue weighted by Gasteiger charge is -2.19. The van der Waals surface area contributed by atoms with E-state index in [4.69, 9.17) is 0 Å². The van der Waals surface area contributed by atoms with Crippen LogP contribution >= 0.6 is 0 Å². The summed E-state index contributed by atoms with van der Waals surface area (Å²) in [7, 11) is 2.08. The smallest absolute Gasteiger partial charge is 0.0223 e. The van der Waals surface area contributed by atoms with Gasteiger partial charge in [0.1, 0.15) is 0 Å². The largest absolute Gasteiger partial charge is 0.315 e. The Hall–Kier alpha value is -0.0800. The maximum atomic E-state index is 3.69. The molecule has 11 heavy (non-hydrogen) atoms. The van der Waals surface area contributed by atoms with Gasteiger partial charge in [-0.2, -0.15) is 0 Å². The molecule has 2 aliphatic carbocycles. The molecule has 2 nitrogen and oxygen atoms in total. The molecule has 0 aromatic rings. The molecule has 64 valence electrons. The van der Waals surface area contributed by atoms with E-state index in [0.717, 1.165) is 18.1 Å². The van der Waals surface area contributed by atoms with E-state index in [1.54, 1.807) is 0 Å². The molecular weight excluding hydrogens is 136 g/mol. The highest BCUT2D eigenvalue weighted by molar-refractivity contribution is 4.93. The fourth-order valence-corrected chi connectivity index (χ4v) is 2.06. The van der Waals surface area contributed by atoms with Crippen LogP contribution in [0.4, 0.5) is 0 Å². The van der Waals surface area contributed by atoms with E-state index < -0.39 is 0 Å². The van der Waals surface area contributed by atoms with Crippen molar-refractivity contribution < 1.29 is 0 Å². The lowest BCUT2D eigenvalue weighted by atomic mass is 10.2. The van der Waals surface area contributed by atoms with Crippen LogP contribution in [0.25, 0.3) is 0 Å². The van der Waals surface area contributed by atoms with Gasteiger partial charge in [-0.15, -0.1) is 0 Å². The minimum atomic E-state index is 0.746. The first-order valence-corrected chi connectivity index (χ1v) is 4.83. The summed E-state index contributed by atoms with van der Waals surface area (Å²) < 4.78 is 0. The van der Waals surface area contributed by atoms with Crippen molar-refractivity contribution >= 4 is 0 Å². The monoisotopic (exact) mass is 154 g/mol. The van der Waals surface area contributed by atoms with E-state index in [0.29, 0.717) is 0 Å². The quantitative estimate of drug-likeness (QED) is 0.630. The van der Waals surface area contributed by atoms with E-state index >= 15 is 0 Å². The average Bonchev–Trinajstić information content (AvgIpc) is 2.68. The highest BCUT2D eigenvalue weighted by Gasteiger charge is 2.31. The van der Waals surface area contributed by atoms with E-state index in [-0.39, 0.29) is 0 Å². The van der Waals surface area contributed by atoms with Gasteiger partial charge in [0.15, 0.2) is 0 Å². The summed E-state index contributed by atoms with van der Waals surface area (Å²) in [4.78, 5) is 0. The minimum absolute atomic E-state index is 0.746. The second-order valence-corrected chi connectivity index (χ2v) is 3.87. The zero-order valence-corrected chi connectivity index (χ0v) is 7.27. The summed E-state index contributed by atoms with van der Waals surface area (Å²) in [5.74, 6) is 0. The fraction of sp³-hybridized carbons (Fsp3) is 1.00. The first-order valence-electron chi connectivity index (χ1n) is 4.83. The summed E-state index contributed by atoms with van der Waals surface area (Å²) in [5, 5.41) is 7.08. The predicted octanol–water partition coefficient (Wildman–Crippen LogP) is 0.879. The predicted molar refractivity (Wildman–Crippen MR) is 46.6 cm³/mol. The first-order chi connectivity index (χ1) is 5.40. The van der Waals surface area contributed by atoms with Crippen LogP contribution in [0, 0.1) is 0 Å². The summed E-state index contributed by atoms with van der Waals surface area (Å²) in [6.07, 6.45) is 6.96. The highest BCUT2D eigenvalue weighted by atomic mass is 15.1. The van der Waals surface area contributed by atoms with Crippen molar-refractivity contribution in [1.29, 1.82) is 0 Å². The van der Waals surface area contributed by atoms with Crippen molar-refractivity contribution in [1.82, 2.24) is 10.6 Å². The van der Waals surface area contributed by atoms with E-state index in [9.17, 15) is 0 Å². The Balaban J connectivity index is 1.79. The van der Waals surface area contributed by atoms with Crippen LogP contribution in [0.3, 0.4) is 0 Å². The normalized spacial score (nSPS) is 37.9. The number of hydrogen-bond acceptors (Lipinski definition) is 2. The lowest BCUT2D eigenvalue weighted by molar-refractivity contribution is 0.429. The summed E-state index contributed by atoms with van der Waals surface area (Å²) in [6, 6.07) is 2.39. The van der Waals surface area contributed by atoms with Gasteiger partial charge in [-0.25, -0.2) is 0 Å². The zero-order chi connectivity index (χ0) is 7.68. The molecule has 0 radical (unpaired) electrons. The van der Waals surface area contributed by atoms with Crippen molar-refractivity contribution in [2.75, 3.05) is 7.05 Å². The Morgan fingerprint density at radius 1 is 1.00 bits per heavy atom. The second-order valence-electron chi connectivity index (χ2n) is 3.87. The van der Waals surface area contributed by atoms with Crippen molar-refractivity contribution in [3.8, 4) is 0 Å². The van der Waals surface area contributed by atoms with Gasteiger partial charge in [-0.05, 0) is 32.7 Å². The van der Waals surface area contributed by atoms with E-state index in [2.05, 4.69) is 17.7 Å². The molecule has 2 aliphatic rings. The zero-order valence-electron chi connectivity index (χ0n) is 7.27. The maximum Gasteiger partial charge on any atom is 0.0223 e. The van der Waals surface area contributed by atoms with Crippen molar-refractivity contribution in [3.05, 3.63) is 0 Å². The molecule has 0 spiro atoms. The second kappa shape index (κ2) is 3.11. The molecule has 2 atom stereocenters. The summed E-state index contributed by atoms with van der Waals surface area (Å²) in [6.45, 7) is 0. The SMILES string of the molecule is CNC1CCCC1NC1CC1. The lowest BCUT2D eigenvalue weighted by Crippen LogP contribution is -2.43. The Kier molecular flexibility index (Phi) is 2.14. The van der Waals surface area contributed by atoms with Crippen LogP contribution in [0.2, 0.25) is 0 Å². The Morgan fingerprint density at radius 2 is 1.73 bits per heavy atom. The standard InChI is InChI=1S/C9H18N2/c1-10-8-3-2-4-9(8)11-7-5-6-7/h7-11H,2-6H2,1H3. The molecule has 2 unspecified atom stereocenters. The summed E-state index contributed by atoms with van der Waals surface area (Å²) >= 11 is 0. The summed E-state index contributed by atoms with van der Waals surface area (Å²) in [5.41, 5.74) is 0. The van der Waals surface area contributed by atoms with Gasteiger partial charge in [0, 0.05) is 18.1 Å². The Morgan fingerprint density at radius 3 is 2.36 bits per heavy atom. The molecule has 2 N–H and O–H groups in total. The molecule has 0 aromatic carbocycles. The van der Waals surface area contributed by atoms with Crippen LogP contribution in [-0.4, -0.2) is 25.2 Å². The molecule has 2 saturated carbocycles. The molecule has 2 heteroatoms. The van der Waals surface area contributed by atoms with Gasteiger partial charge in [0.2, 0.25) is 0 Å². The Bertz CT molecular complexity index is 132. The minimum Gasteiger partial charge on any atom is -0.315 e. The molecule has 0 aliphatic heterocycles. The van der Waals surface area contributed by atoms with Crippen molar-refractivity contribution in [3.63, 3.8) is 0 Å². The van der Waals surface area contributed by atoms with Crippen LogP contribution in [0.5, 0.6) is 0 Å². The average molecular weight is 154 g/mol. The number of likely N-dealkylation sites (N-methyl/N-ethyl adjacent to an activating group) is 1. The third-order valence-corrected chi connectivity index (χ3v) is 2.91. The van der Waals surface area contributed by atoms with Gasteiger partial charge in [-0.3, -0.25) is 0 Å². The van der Waals surface area contributed by atoms with Crippen LogP contribution < -0.4 is 10.6 Å². The molecule has 0 saturated heterocycles. The van der Waals surface area contributed by atoms with Crippen LogP contribution in [-0.2, 0) is 0 Å². The Labute approximate surface area is 68.7 Å². The number of hydrogen-bond donors (Lipinski definition) is 2. The topological polar surface area (TPSA) is 24.1 Å². The highest BCUT2D eigenvalue weighted by Crippen LogP contribution is 2.25. The van der Waals surface area contributed by atoms with Crippen LogP contribution in [0.15, 0.2) is 0 Å². The van der Waals surface area contributed by atoms with Gasteiger partial charge < -0.3 is 10.6 Å². The molecule has 0 amide bonds. The van der Waals surface area contributed by atoms with E-state index in [1.165, 1.54) is 32.1 Å². The third-order valence-electron chi connectivity index (χ3n) is 2.91. The van der Waals surface area contributed by atoms with Gasteiger partial charge in [-0.1, -0.05) is 6.42 Å². The van der Waals surface area contributed by atoms with Crippen molar-refractivity contribution in [2.45, 2.75) is 50.2 Å². The molecule has 2 rings (SSSR count). The number of rotatable bonds is 3. The van der Waals surface area contributed by atoms with Gasteiger partial charge >= 0.3 is 0 Å². The van der Waals surface area contributed by atoms with Gasteiger partial charge in [0.05, 0.1) is 0 Å². The first kappa shape index (κ1) is 7.56. The fourth-order valence-electron chi connectivity index (χ4n) is 2.06. The van der Waals surface area contributed by atoms with E-state index in [1.807, 2.05) is 0 Å². The molecule has 2 fully saturated rings. The maximum absolute atomic E-state index is 3.69. The van der Waals surface area contributed by atoms with Crippen molar-refractivity contribution in [2.24, 2.45) is 0 Å². The number of nitrogens with one attached hydrogen (secondary N) is 2. The van der Waals surface area contributed by atoms with Gasteiger partial charge in [0.25, 0.3) is 0 Å². The van der Waals surface area contributed by atoms with Crippen LogP contribution in [0.1, 0.15) is 32.1 Å². The molecule has 0 heterocycles. The molecular formula is C9H18N2. The third kappa shape index (κ3) is 1.74. The molecule has 0 bridgehead atoms. The molecule has 0 aromatic heterocycles.